The van der Waals surface area contributed by atoms with Gasteiger partial charge < -0.3 is 15.8 Å². The minimum atomic E-state index is 0.169. The van der Waals surface area contributed by atoms with Crippen molar-refractivity contribution in [3.8, 4) is 16.9 Å². The zero-order valence-electron chi connectivity index (χ0n) is 12.5. The van der Waals surface area contributed by atoms with E-state index in [9.17, 15) is 0 Å². The highest BCUT2D eigenvalue weighted by molar-refractivity contribution is 5.70. The number of aryl methyl sites for hydroxylation is 1. The van der Waals surface area contributed by atoms with Crippen LogP contribution in [0.3, 0.4) is 0 Å². The van der Waals surface area contributed by atoms with Crippen LogP contribution < -0.4 is 15.8 Å². The molecule has 1 aliphatic rings. The van der Waals surface area contributed by atoms with Crippen molar-refractivity contribution < 1.29 is 4.74 Å². The van der Waals surface area contributed by atoms with Gasteiger partial charge in [0.25, 0.3) is 0 Å². The van der Waals surface area contributed by atoms with Gasteiger partial charge in [0.05, 0.1) is 11.7 Å². The summed E-state index contributed by atoms with van der Waals surface area (Å²) < 4.78 is 5.92. The Bertz CT molecular complexity index is 650. The SMILES string of the molecule is CNC1(COc2cnc(C)c(-c3cccc(N)c3)c2)CC1. The van der Waals surface area contributed by atoms with Gasteiger partial charge >= 0.3 is 0 Å². The molecule has 21 heavy (non-hydrogen) atoms. The molecule has 110 valence electrons. The van der Waals surface area contributed by atoms with Gasteiger partial charge in [0.1, 0.15) is 12.4 Å². The molecule has 4 nitrogen and oxygen atoms in total. The van der Waals surface area contributed by atoms with Crippen molar-refractivity contribution in [2.45, 2.75) is 25.3 Å². The van der Waals surface area contributed by atoms with Gasteiger partial charge in [-0.2, -0.15) is 0 Å². The fourth-order valence-corrected chi connectivity index (χ4v) is 2.43. The molecule has 1 aromatic heterocycles. The number of ether oxygens (including phenoxy) is 1. The van der Waals surface area contributed by atoms with E-state index in [1.165, 1.54) is 12.8 Å². The van der Waals surface area contributed by atoms with E-state index in [1.54, 1.807) is 6.20 Å². The zero-order valence-corrected chi connectivity index (χ0v) is 12.5. The Labute approximate surface area is 125 Å². The molecule has 0 atom stereocenters. The Kier molecular flexibility index (Phi) is 3.55. The summed E-state index contributed by atoms with van der Waals surface area (Å²) in [5, 5.41) is 3.33. The average Bonchev–Trinajstić information content (AvgIpc) is 3.27. The highest BCUT2D eigenvalue weighted by Gasteiger charge is 2.41. The third-order valence-corrected chi connectivity index (χ3v) is 4.16. The van der Waals surface area contributed by atoms with Gasteiger partial charge in [0, 0.05) is 16.9 Å². The minimum absolute atomic E-state index is 0.169. The number of aromatic nitrogens is 1. The molecule has 0 saturated heterocycles. The molecule has 3 N–H and O–H groups in total. The van der Waals surface area contributed by atoms with E-state index in [2.05, 4.69) is 10.3 Å². The van der Waals surface area contributed by atoms with Crippen molar-refractivity contribution in [1.29, 1.82) is 0 Å². The number of nitrogens with zero attached hydrogens (tertiary/aromatic N) is 1. The van der Waals surface area contributed by atoms with Crippen LogP contribution >= 0.6 is 0 Å². The molecule has 4 heteroatoms. The molecule has 0 bridgehead atoms. The second kappa shape index (κ2) is 5.37. The van der Waals surface area contributed by atoms with Crippen LogP contribution in [-0.4, -0.2) is 24.2 Å². The minimum Gasteiger partial charge on any atom is -0.490 e. The number of nitrogens with one attached hydrogen (secondary N) is 1. The monoisotopic (exact) mass is 283 g/mol. The lowest BCUT2D eigenvalue weighted by Crippen LogP contribution is -2.33. The molecule has 3 rings (SSSR count). The lowest BCUT2D eigenvalue weighted by molar-refractivity contribution is 0.259. The van der Waals surface area contributed by atoms with Crippen molar-refractivity contribution in [3.05, 3.63) is 42.2 Å². The smallest absolute Gasteiger partial charge is 0.138 e. The first-order valence-corrected chi connectivity index (χ1v) is 7.26. The van der Waals surface area contributed by atoms with Gasteiger partial charge in [0.2, 0.25) is 0 Å². The fraction of sp³-hybridized carbons (Fsp3) is 0.353. The van der Waals surface area contributed by atoms with E-state index >= 15 is 0 Å². The molecule has 0 aliphatic heterocycles. The predicted molar refractivity (Wildman–Crippen MR) is 85.3 cm³/mol. The average molecular weight is 283 g/mol. The summed E-state index contributed by atoms with van der Waals surface area (Å²) in [6, 6.07) is 9.89. The maximum atomic E-state index is 5.92. The number of nitrogen functional groups attached to an aromatic ring is 1. The van der Waals surface area contributed by atoms with Gasteiger partial charge in [-0.1, -0.05) is 12.1 Å². The van der Waals surface area contributed by atoms with Gasteiger partial charge in [-0.3, -0.25) is 4.98 Å². The molecule has 1 saturated carbocycles. The normalized spacial score (nSPS) is 15.7. The van der Waals surface area contributed by atoms with E-state index in [-0.39, 0.29) is 5.54 Å². The van der Waals surface area contributed by atoms with E-state index in [1.807, 2.05) is 44.3 Å². The van der Waals surface area contributed by atoms with Crippen LogP contribution in [0.2, 0.25) is 0 Å². The van der Waals surface area contributed by atoms with Crippen molar-refractivity contribution in [3.63, 3.8) is 0 Å². The van der Waals surface area contributed by atoms with Gasteiger partial charge in [-0.25, -0.2) is 0 Å². The third kappa shape index (κ3) is 3.00. The first kappa shape index (κ1) is 13.9. The Morgan fingerprint density at radius 2 is 2.14 bits per heavy atom. The van der Waals surface area contributed by atoms with Crippen LogP contribution in [0.5, 0.6) is 5.75 Å². The number of benzene rings is 1. The number of likely N-dealkylation sites (N-methyl/N-ethyl adjacent to an activating group) is 1. The largest absolute Gasteiger partial charge is 0.490 e. The van der Waals surface area contributed by atoms with Crippen LogP contribution in [0.4, 0.5) is 5.69 Å². The molecule has 1 fully saturated rings. The number of rotatable bonds is 5. The highest BCUT2D eigenvalue weighted by Crippen LogP contribution is 2.35. The second-order valence-electron chi connectivity index (χ2n) is 5.75. The van der Waals surface area contributed by atoms with Gasteiger partial charge in [-0.05, 0) is 50.6 Å². The summed E-state index contributed by atoms with van der Waals surface area (Å²) in [6.07, 6.45) is 4.13. The summed E-state index contributed by atoms with van der Waals surface area (Å²) in [4.78, 5) is 4.45. The molecule has 0 radical (unpaired) electrons. The Morgan fingerprint density at radius 3 is 2.81 bits per heavy atom. The standard InChI is InChI=1S/C17H21N3O/c1-12-16(13-4-3-5-14(18)8-13)9-15(10-20-12)21-11-17(19-2)6-7-17/h3-5,8-10,19H,6-7,11,18H2,1-2H3. The second-order valence-corrected chi connectivity index (χ2v) is 5.75. The summed E-state index contributed by atoms with van der Waals surface area (Å²) in [5.74, 6) is 0.805. The van der Waals surface area contributed by atoms with Crippen molar-refractivity contribution in [2.75, 3.05) is 19.4 Å². The molecule has 1 aromatic carbocycles. The summed E-state index contributed by atoms with van der Waals surface area (Å²) in [7, 11) is 1.99. The maximum absolute atomic E-state index is 5.92. The van der Waals surface area contributed by atoms with Crippen LogP contribution in [0, 0.1) is 6.92 Å². The van der Waals surface area contributed by atoms with E-state index < -0.39 is 0 Å². The summed E-state index contributed by atoms with van der Waals surface area (Å²) >= 11 is 0. The summed E-state index contributed by atoms with van der Waals surface area (Å²) in [5.41, 5.74) is 9.90. The van der Waals surface area contributed by atoms with Crippen molar-refractivity contribution in [2.24, 2.45) is 0 Å². The summed E-state index contributed by atoms with van der Waals surface area (Å²) in [6.45, 7) is 2.68. The Hall–Kier alpha value is -2.07. The van der Waals surface area contributed by atoms with Gasteiger partial charge in [0.15, 0.2) is 0 Å². The number of hydrogen-bond donors (Lipinski definition) is 2. The topological polar surface area (TPSA) is 60.2 Å². The third-order valence-electron chi connectivity index (χ3n) is 4.16. The molecule has 1 heterocycles. The molecule has 0 amide bonds. The van der Waals surface area contributed by atoms with Crippen molar-refractivity contribution in [1.82, 2.24) is 10.3 Å². The number of hydrogen-bond acceptors (Lipinski definition) is 4. The molecular formula is C17H21N3O. The molecule has 2 aromatic rings. The molecular weight excluding hydrogens is 262 g/mol. The highest BCUT2D eigenvalue weighted by atomic mass is 16.5. The van der Waals surface area contributed by atoms with E-state index in [4.69, 9.17) is 10.5 Å². The maximum Gasteiger partial charge on any atom is 0.138 e. The number of pyridine rings is 1. The van der Waals surface area contributed by atoms with Crippen LogP contribution in [-0.2, 0) is 0 Å². The van der Waals surface area contributed by atoms with Crippen LogP contribution in [0.1, 0.15) is 18.5 Å². The van der Waals surface area contributed by atoms with Gasteiger partial charge in [-0.15, -0.1) is 0 Å². The van der Waals surface area contributed by atoms with E-state index in [0.717, 1.165) is 28.3 Å². The molecule has 1 aliphatic carbocycles. The van der Waals surface area contributed by atoms with Crippen LogP contribution in [0.15, 0.2) is 36.5 Å². The Morgan fingerprint density at radius 1 is 1.33 bits per heavy atom. The quantitative estimate of drug-likeness (QED) is 0.828. The number of nitrogens with two attached hydrogens (primary N) is 1. The first-order chi connectivity index (χ1) is 10.1. The lowest BCUT2D eigenvalue weighted by Gasteiger charge is -2.16. The fourth-order valence-electron chi connectivity index (χ4n) is 2.43. The van der Waals surface area contributed by atoms with Crippen molar-refractivity contribution >= 4 is 5.69 Å². The molecule has 0 unspecified atom stereocenters. The predicted octanol–water partition coefficient (Wildman–Crippen LogP) is 2.77. The first-order valence-electron chi connectivity index (χ1n) is 7.26. The lowest BCUT2D eigenvalue weighted by atomic mass is 10.0. The zero-order chi connectivity index (χ0) is 14.9. The van der Waals surface area contributed by atoms with E-state index in [0.29, 0.717) is 6.61 Å². The van der Waals surface area contributed by atoms with Crippen LogP contribution in [0.25, 0.3) is 11.1 Å². The Balaban J connectivity index is 1.83. The number of anilines is 1. The molecule has 0 spiro atoms.